The maximum atomic E-state index is 13.2. The van der Waals surface area contributed by atoms with E-state index in [1.165, 1.54) is 6.07 Å². The van der Waals surface area contributed by atoms with E-state index in [0.717, 1.165) is 24.2 Å². The van der Waals surface area contributed by atoms with E-state index < -0.39 is 10.0 Å². The van der Waals surface area contributed by atoms with Crippen LogP contribution in [0.4, 0.5) is 5.69 Å². The van der Waals surface area contributed by atoms with E-state index >= 15 is 0 Å². The van der Waals surface area contributed by atoms with Gasteiger partial charge in [-0.25, -0.2) is 13.6 Å². The normalized spacial score (nSPS) is 19.5. The van der Waals surface area contributed by atoms with Crippen LogP contribution in [0.5, 0.6) is 0 Å². The molecule has 0 saturated carbocycles. The molecule has 0 radical (unpaired) electrons. The first-order valence-corrected chi connectivity index (χ1v) is 12.2. The van der Waals surface area contributed by atoms with Crippen molar-refractivity contribution in [2.24, 2.45) is 5.14 Å². The molecule has 9 nitrogen and oxygen atoms in total. The summed E-state index contributed by atoms with van der Waals surface area (Å²) < 4.78 is 23.3. The monoisotopic (exact) mass is 457 g/mol. The van der Waals surface area contributed by atoms with Gasteiger partial charge in [0.2, 0.25) is 15.9 Å². The number of aromatic nitrogens is 1. The van der Waals surface area contributed by atoms with Crippen molar-refractivity contribution in [3.05, 3.63) is 53.9 Å². The Hall–Kier alpha value is -2.82. The van der Waals surface area contributed by atoms with E-state index in [1.807, 2.05) is 6.92 Å². The van der Waals surface area contributed by atoms with Crippen LogP contribution in [0, 0.1) is 0 Å². The lowest BCUT2D eigenvalue weighted by Crippen LogP contribution is -2.44. The van der Waals surface area contributed by atoms with Gasteiger partial charge in [-0.2, -0.15) is 0 Å². The van der Waals surface area contributed by atoms with Crippen LogP contribution in [-0.4, -0.2) is 73.8 Å². The number of pyridine rings is 1. The highest BCUT2D eigenvalue weighted by Crippen LogP contribution is 2.33. The van der Waals surface area contributed by atoms with E-state index in [-0.39, 0.29) is 29.3 Å². The molecule has 0 spiro atoms. The fraction of sp³-hybridized carbons (Fsp3) is 0.409. The number of benzene rings is 1. The van der Waals surface area contributed by atoms with Crippen LogP contribution < -0.4 is 10.0 Å². The predicted octanol–water partition coefficient (Wildman–Crippen LogP) is 0.855. The third-order valence-corrected chi connectivity index (χ3v) is 6.89. The molecule has 3 heterocycles. The molecule has 1 unspecified atom stereocenters. The van der Waals surface area contributed by atoms with Crippen LogP contribution in [0.25, 0.3) is 0 Å². The molecular formula is C22H27N5O4S. The van der Waals surface area contributed by atoms with Gasteiger partial charge in [-0.1, -0.05) is 6.07 Å². The zero-order chi connectivity index (χ0) is 22.9. The van der Waals surface area contributed by atoms with E-state index in [0.29, 0.717) is 31.7 Å². The Morgan fingerprint density at radius 2 is 1.94 bits per heavy atom. The standard InChI is InChI=1S/C22H27N5O4S/c1-16-13-17-14-18(32(23,30)31)6-7-20(17)27(16)21(28)15-25-9-4-10-26(12-11-25)22(29)19-5-2-3-8-24-19/h2-3,5-8,14,16H,4,9-13,15H2,1H3,(H2,23,30,31). The van der Waals surface area contributed by atoms with Gasteiger partial charge in [0.25, 0.3) is 5.91 Å². The SMILES string of the molecule is CC1Cc2cc(S(N)(=O)=O)ccc2N1C(=O)CN1CCCN(C(=O)c2ccccn2)CC1. The van der Waals surface area contributed by atoms with Gasteiger partial charge in [-0.15, -0.1) is 0 Å². The summed E-state index contributed by atoms with van der Waals surface area (Å²) in [6.07, 6.45) is 2.96. The molecule has 1 fully saturated rings. The lowest BCUT2D eigenvalue weighted by Gasteiger charge is -2.27. The number of hydrogen-bond donors (Lipinski definition) is 1. The molecule has 0 aliphatic carbocycles. The van der Waals surface area contributed by atoms with Crippen molar-refractivity contribution in [1.29, 1.82) is 0 Å². The zero-order valence-corrected chi connectivity index (χ0v) is 18.8. The lowest BCUT2D eigenvalue weighted by molar-refractivity contribution is -0.120. The number of rotatable bonds is 4. The summed E-state index contributed by atoms with van der Waals surface area (Å²) in [5.74, 6) is -0.129. The molecule has 2 aliphatic heterocycles. The smallest absolute Gasteiger partial charge is 0.272 e. The summed E-state index contributed by atoms with van der Waals surface area (Å²) in [6.45, 7) is 4.67. The number of fused-ring (bicyclic) bond motifs is 1. The van der Waals surface area contributed by atoms with Crippen molar-refractivity contribution in [1.82, 2.24) is 14.8 Å². The Balaban J connectivity index is 1.41. The predicted molar refractivity (Wildman–Crippen MR) is 120 cm³/mol. The van der Waals surface area contributed by atoms with Gasteiger partial charge in [-0.05, 0) is 55.7 Å². The second-order valence-electron chi connectivity index (χ2n) is 8.29. The van der Waals surface area contributed by atoms with Crippen LogP contribution in [0.3, 0.4) is 0 Å². The lowest BCUT2D eigenvalue weighted by atomic mass is 10.1. The number of anilines is 1. The quantitative estimate of drug-likeness (QED) is 0.728. The summed E-state index contributed by atoms with van der Waals surface area (Å²) in [6, 6.07) is 9.88. The van der Waals surface area contributed by atoms with Crippen molar-refractivity contribution in [2.75, 3.05) is 37.6 Å². The minimum absolute atomic E-state index is 0.0379. The second kappa shape index (κ2) is 8.97. The van der Waals surface area contributed by atoms with Crippen molar-refractivity contribution < 1.29 is 18.0 Å². The second-order valence-corrected chi connectivity index (χ2v) is 9.85. The molecule has 2 aliphatic rings. The van der Waals surface area contributed by atoms with Gasteiger partial charge in [-0.3, -0.25) is 19.5 Å². The summed E-state index contributed by atoms with van der Waals surface area (Å²) in [5, 5.41) is 5.24. The molecule has 1 atom stereocenters. The van der Waals surface area contributed by atoms with E-state index in [4.69, 9.17) is 5.14 Å². The fourth-order valence-electron chi connectivity index (χ4n) is 4.42. The number of primary sulfonamides is 1. The van der Waals surface area contributed by atoms with E-state index in [2.05, 4.69) is 9.88 Å². The highest BCUT2D eigenvalue weighted by Gasteiger charge is 2.33. The van der Waals surface area contributed by atoms with E-state index in [1.54, 1.807) is 46.3 Å². The third-order valence-electron chi connectivity index (χ3n) is 5.98. The number of amides is 2. The van der Waals surface area contributed by atoms with Gasteiger partial charge in [0.1, 0.15) is 5.69 Å². The molecule has 1 aromatic heterocycles. The van der Waals surface area contributed by atoms with Gasteiger partial charge >= 0.3 is 0 Å². The third kappa shape index (κ3) is 4.67. The largest absolute Gasteiger partial charge is 0.336 e. The van der Waals surface area contributed by atoms with Crippen LogP contribution in [0.2, 0.25) is 0 Å². The summed E-state index contributed by atoms with van der Waals surface area (Å²) >= 11 is 0. The molecule has 2 N–H and O–H groups in total. The number of nitrogens with two attached hydrogens (primary N) is 1. The molecule has 4 rings (SSSR count). The summed E-state index contributed by atoms with van der Waals surface area (Å²) in [5.41, 5.74) is 1.97. The van der Waals surface area contributed by atoms with Crippen LogP contribution in [0.1, 0.15) is 29.4 Å². The van der Waals surface area contributed by atoms with Crippen LogP contribution >= 0.6 is 0 Å². The molecule has 2 amide bonds. The molecular weight excluding hydrogens is 430 g/mol. The van der Waals surface area contributed by atoms with Crippen molar-refractivity contribution in [3.63, 3.8) is 0 Å². The first-order chi connectivity index (χ1) is 15.2. The van der Waals surface area contributed by atoms with Crippen molar-refractivity contribution in [3.8, 4) is 0 Å². The zero-order valence-electron chi connectivity index (χ0n) is 18.0. The summed E-state index contributed by atoms with van der Waals surface area (Å²) in [7, 11) is -3.79. The number of sulfonamides is 1. The Labute approximate surface area is 187 Å². The average molecular weight is 458 g/mol. The first kappa shape index (κ1) is 22.4. The molecule has 1 aromatic carbocycles. The highest BCUT2D eigenvalue weighted by atomic mass is 32.2. The minimum atomic E-state index is -3.79. The highest BCUT2D eigenvalue weighted by molar-refractivity contribution is 7.89. The molecule has 0 bridgehead atoms. The van der Waals surface area contributed by atoms with E-state index in [9.17, 15) is 18.0 Å². The van der Waals surface area contributed by atoms with Gasteiger partial charge in [0, 0.05) is 44.1 Å². The number of nitrogens with zero attached hydrogens (tertiary/aromatic N) is 4. The topological polar surface area (TPSA) is 117 Å². The van der Waals surface area contributed by atoms with Gasteiger partial charge in [0.15, 0.2) is 0 Å². The number of hydrogen-bond acceptors (Lipinski definition) is 6. The number of carbonyl (C=O) groups is 2. The minimum Gasteiger partial charge on any atom is -0.336 e. The molecule has 2 aromatic rings. The maximum Gasteiger partial charge on any atom is 0.272 e. The maximum absolute atomic E-state index is 13.2. The van der Waals surface area contributed by atoms with Crippen molar-refractivity contribution >= 4 is 27.5 Å². The Morgan fingerprint density at radius 1 is 1.12 bits per heavy atom. The Morgan fingerprint density at radius 3 is 2.66 bits per heavy atom. The van der Waals surface area contributed by atoms with Gasteiger partial charge in [0.05, 0.1) is 11.4 Å². The van der Waals surface area contributed by atoms with Crippen LogP contribution in [-0.2, 0) is 21.2 Å². The number of carbonyl (C=O) groups excluding carboxylic acids is 2. The molecule has 170 valence electrons. The average Bonchev–Trinajstić information content (AvgIpc) is 2.92. The first-order valence-electron chi connectivity index (χ1n) is 10.6. The molecule has 1 saturated heterocycles. The Kier molecular flexibility index (Phi) is 6.27. The van der Waals surface area contributed by atoms with Gasteiger partial charge < -0.3 is 9.80 Å². The molecule has 32 heavy (non-hydrogen) atoms. The summed E-state index contributed by atoms with van der Waals surface area (Å²) in [4.78, 5) is 35.7. The fourth-order valence-corrected chi connectivity index (χ4v) is 4.98. The molecule has 10 heteroatoms. The van der Waals surface area contributed by atoms with Crippen molar-refractivity contribution in [2.45, 2.75) is 30.7 Å². The Bertz CT molecular complexity index is 1120. The van der Waals surface area contributed by atoms with Crippen LogP contribution in [0.15, 0.2) is 47.5 Å².